The van der Waals surface area contributed by atoms with Gasteiger partial charge in [-0.3, -0.25) is 4.79 Å². The highest BCUT2D eigenvalue weighted by Gasteiger charge is 2.65. The summed E-state index contributed by atoms with van der Waals surface area (Å²) in [6.45, 7) is 6.72. The summed E-state index contributed by atoms with van der Waals surface area (Å²) in [5.74, 6) is 0.997. The van der Waals surface area contributed by atoms with Crippen molar-refractivity contribution in [2.24, 2.45) is 46.3 Å². The number of aliphatic carboxylic acids is 1. The minimum absolute atomic E-state index is 0.0957. The molecular weight excluding hydrogens is 368 g/mol. The van der Waals surface area contributed by atoms with E-state index in [9.17, 15) is 20.1 Å². The maximum Gasteiger partial charge on any atom is 0.303 e. The molecule has 4 saturated carbocycles. The van der Waals surface area contributed by atoms with Gasteiger partial charge in [-0.1, -0.05) is 20.8 Å². The zero-order valence-electron chi connectivity index (χ0n) is 18.3. The predicted octanol–water partition coefficient (Wildman–Crippen LogP) is 3.45. The minimum atomic E-state index is -0.748. The van der Waals surface area contributed by atoms with E-state index in [1.807, 2.05) is 0 Å². The molecular formula is C24H40O5. The molecule has 11 atom stereocenters. The van der Waals surface area contributed by atoms with Crippen molar-refractivity contribution in [1.29, 1.82) is 0 Å². The van der Waals surface area contributed by atoms with Gasteiger partial charge in [-0.25, -0.2) is 0 Å². The van der Waals surface area contributed by atoms with Crippen LogP contribution in [0.2, 0.25) is 0 Å². The van der Waals surface area contributed by atoms with Gasteiger partial charge in [0.15, 0.2) is 0 Å². The first kappa shape index (κ1) is 21.6. The number of fused-ring (bicyclic) bond motifs is 5. The van der Waals surface area contributed by atoms with E-state index in [4.69, 9.17) is 5.11 Å². The third-order valence-electron chi connectivity index (χ3n) is 10.3. The SMILES string of the molecule is C[C@H](CCC(=O)O)[C@H]1CC[C@@H]2[C@@H]3[C@@H](C[C@@H](O)[C@@]21C)[C@@]1(C)CC[C@H](O)C[C@H]1C[C@@H]3O. The van der Waals surface area contributed by atoms with Crippen LogP contribution >= 0.6 is 0 Å². The Bertz CT molecular complexity index is 637. The lowest BCUT2D eigenvalue weighted by molar-refractivity contribution is -0.207. The highest BCUT2D eigenvalue weighted by atomic mass is 16.4. The Morgan fingerprint density at radius 3 is 2.45 bits per heavy atom. The fraction of sp³-hybridized carbons (Fsp3) is 0.958. The van der Waals surface area contributed by atoms with Gasteiger partial charge >= 0.3 is 5.97 Å². The van der Waals surface area contributed by atoms with Gasteiger partial charge in [-0.05, 0) is 97.7 Å². The fourth-order valence-electron chi connectivity index (χ4n) is 8.68. The van der Waals surface area contributed by atoms with E-state index in [2.05, 4.69) is 20.8 Å². The molecule has 0 aliphatic heterocycles. The molecule has 0 spiro atoms. The monoisotopic (exact) mass is 408 g/mol. The molecule has 0 saturated heterocycles. The fourth-order valence-corrected chi connectivity index (χ4v) is 8.68. The molecule has 0 heterocycles. The van der Waals surface area contributed by atoms with Crippen LogP contribution < -0.4 is 0 Å². The molecule has 166 valence electrons. The first-order chi connectivity index (χ1) is 13.6. The molecule has 4 N–H and O–H groups in total. The van der Waals surface area contributed by atoms with Crippen molar-refractivity contribution in [2.45, 2.75) is 96.9 Å². The van der Waals surface area contributed by atoms with E-state index in [0.717, 1.165) is 44.9 Å². The van der Waals surface area contributed by atoms with Crippen LogP contribution in [0.5, 0.6) is 0 Å². The van der Waals surface area contributed by atoms with Crippen molar-refractivity contribution in [3.05, 3.63) is 0 Å². The molecule has 0 aromatic heterocycles. The van der Waals surface area contributed by atoms with Crippen LogP contribution in [0.15, 0.2) is 0 Å². The first-order valence-electron chi connectivity index (χ1n) is 11.8. The molecule has 0 aromatic rings. The van der Waals surface area contributed by atoms with E-state index in [1.54, 1.807) is 0 Å². The van der Waals surface area contributed by atoms with Crippen molar-refractivity contribution in [3.63, 3.8) is 0 Å². The number of aliphatic hydroxyl groups is 3. The van der Waals surface area contributed by atoms with Crippen molar-refractivity contribution in [1.82, 2.24) is 0 Å². The Kier molecular flexibility index (Phi) is 5.57. The van der Waals surface area contributed by atoms with Gasteiger partial charge in [0.05, 0.1) is 18.3 Å². The number of aliphatic hydroxyl groups excluding tert-OH is 3. The van der Waals surface area contributed by atoms with E-state index in [0.29, 0.717) is 30.1 Å². The van der Waals surface area contributed by atoms with E-state index in [-0.39, 0.29) is 41.3 Å². The second-order valence-corrected chi connectivity index (χ2v) is 11.4. The molecule has 0 radical (unpaired) electrons. The summed E-state index contributed by atoms with van der Waals surface area (Å²) in [6.07, 6.45) is 6.00. The average Bonchev–Trinajstić information content (AvgIpc) is 3.01. The molecule has 0 unspecified atom stereocenters. The van der Waals surface area contributed by atoms with Crippen LogP contribution in [0.1, 0.15) is 78.6 Å². The number of carboxylic acids is 1. The Labute approximate surface area is 174 Å². The van der Waals surface area contributed by atoms with Gasteiger partial charge in [0.25, 0.3) is 0 Å². The van der Waals surface area contributed by atoms with Crippen molar-refractivity contribution < 1.29 is 25.2 Å². The van der Waals surface area contributed by atoms with Crippen molar-refractivity contribution >= 4 is 5.97 Å². The highest BCUT2D eigenvalue weighted by Crippen LogP contribution is 2.68. The van der Waals surface area contributed by atoms with Gasteiger partial charge in [0.2, 0.25) is 0 Å². The van der Waals surface area contributed by atoms with Crippen LogP contribution in [0, 0.1) is 46.3 Å². The van der Waals surface area contributed by atoms with Crippen molar-refractivity contribution in [2.75, 3.05) is 0 Å². The summed E-state index contributed by atoms with van der Waals surface area (Å²) in [6, 6.07) is 0. The minimum Gasteiger partial charge on any atom is -0.481 e. The average molecular weight is 409 g/mol. The molecule has 4 fully saturated rings. The third kappa shape index (κ3) is 3.27. The van der Waals surface area contributed by atoms with Crippen LogP contribution in [0.25, 0.3) is 0 Å². The zero-order chi connectivity index (χ0) is 21.1. The second-order valence-electron chi connectivity index (χ2n) is 11.4. The topological polar surface area (TPSA) is 98.0 Å². The predicted molar refractivity (Wildman–Crippen MR) is 110 cm³/mol. The zero-order valence-corrected chi connectivity index (χ0v) is 18.3. The lowest BCUT2D eigenvalue weighted by Gasteiger charge is -2.63. The van der Waals surface area contributed by atoms with Gasteiger partial charge in [-0.2, -0.15) is 0 Å². The van der Waals surface area contributed by atoms with Crippen LogP contribution in [0.3, 0.4) is 0 Å². The Balaban J connectivity index is 1.61. The Morgan fingerprint density at radius 1 is 1.03 bits per heavy atom. The molecule has 4 rings (SSSR count). The maximum atomic E-state index is 11.5. The van der Waals surface area contributed by atoms with Crippen molar-refractivity contribution in [3.8, 4) is 0 Å². The van der Waals surface area contributed by atoms with Gasteiger partial charge in [0, 0.05) is 6.42 Å². The van der Waals surface area contributed by atoms with Crippen LogP contribution in [-0.4, -0.2) is 44.7 Å². The second kappa shape index (κ2) is 7.49. The molecule has 0 amide bonds. The van der Waals surface area contributed by atoms with Crippen LogP contribution in [0.4, 0.5) is 0 Å². The standard InChI is InChI=1S/C24H40O5/c1-13(4-7-21(28)29)16-5-6-17-22-18(12-20(27)24(16,17)3)23(2)9-8-15(25)10-14(23)11-19(22)26/h13-20,22,25-27H,4-12H2,1-3H3,(H,28,29)/t13-,14+,15+,16-,17-,18-,19+,20-,22-,23+,24-/m1/s1. The number of hydrogen-bond acceptors (Lipinski definition) is 4. The van der Waals surface area contributed by atoms with Gasteiger partial charge < -0.3 is 20.4 Å². The van der Waals surface area contributed by atoms with E-state index in [1.165, 1.54) is 0 Å². The number of hydrogen-bond donors (Lipinski definition) is 4. The smallest absolute Gasteiger partial charge is 0.303 e. The summed E-state index contributed by atoms with van der Waals surface area (Å²) in [5, 5.41) is 42.0. The summed E-state index contributed by atoms with van der Waals surface area (Å²) in [7, 11) is 0. The molecule has 4 aliphatic carbocycles. The molecule has 29 heavy (non-hydrogen) atoms. The Hall–Kier alpha value is -0.650. The van der Waals surface area contributed by atoms with E-state index >= 15 is 0 Å². The molecule has 0 bridgehead atoms. The summed E-state index contributed by atoms with van der Waals surface area (Å²) in [4.78, 5) is 11.1. The number of carboxylic acid groups (broad SMARTS) is 1. The number of carbonyl (C=O) groups is 1. The molecule has 5 heteroatoms. The van der Waals surface area contributed by atoms with Gasteiger partial charge in [0.1, 0.15) is 0 Å². The normalized spacial score (nSPS) is 52.9. The summed E-state index contributed by atoms with van der Waals surface area (Å²) >= 11 is 0. The first-order valence-corrected chi connectivity index (χ1v) is 11.8. The quantitative estimate of drug-likeness (QED) is 0.571. The highest BCUT2D eigenvalue weighted by molar-refractivity contribution is 5.66. The molecule has 5 nitrogen and oxygen atoms in total. The van der Waals surface area contributed by atoms with Gasteiger partial charge in [-0.15, -0.1) is 0 Å². The molecule has 4 aliphatic rings. The third-order valence-corrected chi connectivity index (χ3v) is 10.3. The lowest BCUT2D eigenvalue weighted by atomic mass is 9.43. The Morgan fingerprint density at radius 2 is 1.76 bits per heavy atom. The number of rotatable bonds is 4. The largest absolute Gasteiger partial charge is 0.481 e. The lowest BCUT2D eigenvalue weighted by Crippen LogP contribution is -2.62. The van der Waals surface area contributed by atoms with Crippen LogP contribution in [-0.2, 0) is 4.79 Å². The maximum absolute atomic E-state index is 11.5. The molecule has 0 aromatic carbocycles. The van der Waals surface area contributed by atoms with E-state index < -0.39 is 12.1 Å². The summed E-state index contributed by atoms with van der Waals surface area (Å²) < 4.78 is 0. The summed E-state index contributed by atoms with van der Waals surface area (Å²) in [5.41, 5.74) is -0.143.